The van der Waals surface area contributed by atoms with Gasteiger partial charge in [-0.1, -0.05) is 75.8 Å². The molecule has 33 heteroatoms. The van der Waals surface area contributed by atoms with Gasteiger partial charge >= 0.3 is 18.0 Å². The van der Waals surface area contributed by atoms with E-state index in [9.17, 15) is 81.7 Å². The van der Waals surface area contributed by atoms with Gasteiger partial charge in [0.1, 0.15) is 42.8 Å². The van der Waals surface area contributed by atoms with E-state index < -0.39 is 131 Å². The van der Waals surface area contributed by atoms with E-state index in [1.165, 1.54) is 48.6 Å². The van der Waals surface area contributed by atoms with Crippen LogP contribution in [0.15, 0.2) is 91.1 Å². The number of hydrogen-bond acceptors (Lipinski definition) is 22. The summed E-state index contributed by atoms with van der Waals surface area (Å²) in [5.74, 6) is -6.48. The topological polar surface area (TPSA) is 438 Å². The number of fused-ring (bicyclic) bond motifs is 2. The van der Waals surface area contributed by atoms with Gasteiger partial charge in [-0.05, 0) is 171 Å². The molecule has 13 rings (SSSR count). The maximum atomic E-state index is 14.4. The van der Waals surface area contributed by atoms with Crippen LogP contribution in [0.1, 0.15) is 154 Å². The van der Waals surface area contributed by atoms with Crippen LogP contribution >= 0.6 is 11.3 Å². The lowest BCUT2D eigenvalue weighted by molar-refractivity contribution is -0.248. The minimum absolute atomic E-state index is 0.0551. The number of aryl methyl sites for hydroxylation is 1. The first-order valence-corrected chi connectivity index (χ1v) is 39.8. The second-order valence-electron chi connectivity index (χ2n) is 31.7. The SMILES string of the molecule is Cc1c(-c2ccc(N3CCc4cccc(C(=O)Nc5nc6ccccc6s5)c4C3)nc2C(=O)O)cnn1CC12CC3(C)CC(C)(C1)CC(OCCN(CCS(=O)(=O)O)C(=O)OCc1ccc(NC(=O)[C@H](C)NC(=O)[C@@H](NC(=O)CCCCCN4C(=O)C=CC4=O)C(C)C)cc1CC[C@@H]1O[C@H](C(=O)O)[C@@H](O)[C@H](O)[C@H]1O)(C3)C2. The van der Waals surface area contributed by atoms with Gasteiger partial charge in [-0.15, -0.1) is 0 Å². The summed E-state index contributed by atoms with van der Waals surface area (Å²) in [6.45, 7) is 11.6. The van der Waals surface area contributed by atoms with Crippen molar-refractivity contribution in [3.05, 3.63) is 130 Å². The molecular weight excluding hydrogens is 1480 g/mol. The highest BCUT2D eigenvalue weighted by atomic mass is 32.2. The summed E-state index contributed by atoms with van der Waals surface area (Å²) in [5.41, 5.74) is 4.09. The van der Waals surface area contributed by atoms with Gasteiger partial charge in [-0.3, -0.25) is 48.2 Å². The summed E-state index contributed by atoms with van der Waals surface area (Å²) in [6, 6.07) is 19.1. The highest BCUT2D eigenvalue weighted by Gasteiger charge is 2.66. The minimum Gasteiger partial charge on any atom is -0.479 e. The number of para-hydroxylation sites is 1. The zero-order valence-corrected chi connectivity index (χ0v) is 64.3. The predicted molar refractivity (Wildman–Crippen MR) is 406 cm³/mol. The van der Waals surface area contributed by atoms with Gasteiger partial charge in [0.05, 0.1) is 40.5 Å². The first kappa shape index (κ1) is 80.9. The number of nitrogens with zero attached hydrogens (tertiary/aromatic N) is 7. The standard InChI is InChI=1S/C78H95N11O20S2/c1-44(2)62(84-59(90)17-8-7-11-27-88-60(91)24-25-61(88)92)70(98)80-45(3)68(96)81-50-20-18-49(48(33-50)19-22-56-64(93)65(94)66(95)67(109-56)72(101)102)36-107-74(103)86(30-32-111(104,105)106)29-31-108-78-40-75(5)37-76(6,41-78)39-77(38-75,42-78)43-89-46(4)53(34-79-89)51-21-23-58(83-63(51)71(99)100)87-28-26-47-13-12-14-52(54(47)35-87)69(97)85-73-82-55-15-9-10-16-57(55)110-73/h9-10,12-16,18,20-21,23-25,33-34,44-45,56,62,64-67,93-95H,7-8,11,17,19,22,26-32,35-43H2,1-6H3,(H,80,98)(H,81,96)(H,84,90)(H,99,100)(H,101,102)(H,82,85,97)(H,104,105,106)/t45-,56-,62-,64-,65+,66-,67-,75?,76?,77?,78?/m0/s1. The fourth-order valence-electron chi connectivity index (χ4n) is 18.1. The van der Waals surface area contributed by atoms with Gasteiger partial charge in [0.2, 0.25) is 17.7 Å². The Kier molecular flexibility index (Phi) is 24.0. The fraction of sp³-hybridized carbons (Fsp3) is 0.513. The Bertz CT molecular complexity index is 4680. The molecule has 111 heavy (non-hydrogen) atoms. The third-order valence-corrected chi connectivity index (χ3v) is 23.9. The molecule has 4 aliphatic carbocycles. The van der Waals surface area contributed by atoms with Crippen LogP contribution in [-0.4, -0.2) is 208 Å². The van der Waals surface area contributed by atoms with E-state index in [0.29, 0.717) is 103 Å². The number of ether oxygens (including phenoxy) is 3. The number of benzene rings is 3. The molecule has 4 bridgehead atoms. The lowest BCUT2D eigenvalue weighted by atomic mass is 9.39. The minimum atomic E-state index is -4.63. The third kappa shape index (κ3) is 18.6. The quantitative estimate of drug-likeness (QED) is 0.0116. The summed E-state index contributed by atoms with van der Waals surface area (Å²) < 4.78 is 56.0. The Morgan fingerprint density at radius 1 is 0.793 bits per heavy atom. The van der Waals surface area contributed by atoms with Crippen LogP contribution < -0.4 is 26.2 Å². The molecule has 7 amide bonds. The van der Waals surface area contributed by atoms with Crippen molar-refractivity contribution in [2.75, 3.05) is 54.1 Å². The van der Waals surface area contributed by atoms with Crippen molar-refractivity contribution in [2.45, 2.75) is 193 Å². The van der Waals surface area contributed by atoms with Crippen LogP contribution in [0.25, 0.3) is 21.3 Å². The number of nitrogens with one attached hydrogen (secondary N) is 4. The molecule has 10 N–H and O–H groups in total. The number of rotatable bonds is 32. The summed E-state index contributed by atoms with van der Waals surface area (Å²) in [4.78, 5) is 131. The number of carbonyl (C=O) groups is 9. The number of thiazole rings is 1. The summed E-state index contributed by atoms with van der Waals surface area (Å²) >= 11 is 1.39. The maximum Gasteiger partial charge on any atom is 0.410 e. The summed E-state index contributed by atoms with van der Waals surface area (Å²) in [5, 5.41) is 69.2. The Hall–Kier alpha value is -9.61. The van der Waals surface area contributed by atoms with Crippen LogP contribution in [0.3, 0.4) is 0 Å². The van der Waals surface area contributed by atoms with Crippen LogP contribution in [0.4, 0.5) is 21.4 Å². The van der Waals surface area contributed by atoms with Crippen LogP contribution in [0.5, 0.6) is 0 Å². The molecule has 31 nitrogen and oxygen atoms in total. The van der Waals surface area contributed by atoms with E-state index >= 15 is 0 Å². The number of aliphatic hydroxyl groups is 3. The normalized spacial score (nSPS) is 24.5. The van der Waals surface area contributed by atoms with E-state index in [1.54, 1.807) is 38.2 Å². The molecule has 7 aliphatic rings. The van der Waals surface area contributed by atoms with Crippen molar-refractivity contribution in [2.24, 2.45) is 22.2 Å². The van der Waals surface area contributed by atoms with Crippen molar-refractivity contribution in [3.63, 3.8) is 0 Å². The number of aliphatic carboxylic acids is 1. The molecule has 3 aliphatic heterocycles. The van der Waals surface area contributed by atoms with Crippen molar-refractivity contribution < 1.29 is 95.9 Å². The van der Waals surface area contributed by atoms with Crippen LogP contribution in [-0.2, 0) is 85.6 Å². The first-order valence-electron chi connectivity index (χ1n) is 37.4. The lowest BCUT2D eigenvalue weighted by Crippen LogP contribution is -2.64. The number of hydrogen-bond donors (Lipinski definition) is 10. The number of anilines is 3. The summed E-state index contributed by atoms with van der Waals surface area (Å²) in [6.07, 6.45) is 0.648. The third-order valence-electron chi connectivity index (χ3n) is 22.3. The molecule has 594 valence electrons. The fourth-order valence-corrected chi connectivity index (χ4v) is 19.4. The molecule has 0 spiro atoms. The van der Waals surface area contributed by atoms with Crippen molar-refractivity contribution >= 4 is 102 Å². The van der Waals surface area contributed by atoms with Gasteiger partial charge in [0.25, 0.3) is 27.8 Å². The number of pyridine rings is 1. The van der Waals surface area contributed by atoms with Crippen molar-refractivity contribution in [1.82, 2.24) is 40.2 Å². The smallest absolute Gasteiger partial charge is 0.410 e. The van der Waals surface area contributed by atoms with Crippen molar-refractivity contribution in [3.8, 4) is 11.1 Å². The van der Waals surface area contributed by atoms with Crippen molar-refractivity contribution in [1.29, 1.82) is 0 Å². The number of aromatic nitrogens is 4. The lowest BCUT2D eigenvalue weighted by Gasteiger charge is -2.69. The average molecular weight is 1570 g/mol. The molecule has 9 atom stereocenters. The van der Waals surface area contributed by atoms with E-state index in [2.05, 4.69) is 40.1 Å². The number of carbonyl (C=O) groups excluding carboxylic acids is 7. The second-order valence-corrected chi connectivity index (χ2v) is 34.3. The number of unbranched alkanes of at least 4 members (excludes halogenated alkanes) is 2. The number of aromatic carboxylic acids is 1. The molecule has 0 radical (unpaired) electrons. The zero-order chi connectivity index (χ0) is 79.6. The van der Waals surface area contributed by atoms with E-state index in [1.807, 2.05) is 52.9 Å². The number of amides is 7. The molecule has 6 aromatic rings. The van der Waals surface area contributed by atoms with Gasteiger partial charge in [0, 0.05) is 85.9 Å². The van der Waals surface area contributed by atoms with Crippen LogP contribution in [0, 0.1) is 29.1 Å². The maximum absolute atomic E-state index is 14.4. The molecule has 3 aromatic carbocycles. The molecule has 3 aromatic heterocycles. The van der Waals surface area contributed by atoms with Gasteiger partial charge in [-0.25, -0.2) is 24.4 Å². The van der Waals surface area contributed by atoms with Gasteiger partial charge in [0.15, 0.2) is 16.9 Å². The molecular formula is C78H95N11O20S2. The number of carboxylic acid groups (broad SMARTS) is 2. The average Bonchev–Trinajstić information content (AvgIpc) is 0.738. The van der Waals surface area contributed by atoms with E-state index in [0.717, 1.165) is 56.1 Å². The summed E-state index contributed by atoms with van der Waals surface area (Å²) in [7, 11) is -4.63. The Morgan fingerprint density at radius 3 is 2.23 bits per heavy atom. The Balaban J connectivity index is 0.700. The first-order chi connectivity index (χ1) is 52.6. The largest absolute Gasteiger partial charge is 0.479 e. The highest BCUT2D eigenvalue weighted by Crippen LogP contribution is 2.72. The predicted octanol–water partition coefficient (Wildman–Crippen LogP) is 6.98. The second kappa shape index (κ2) is 33.0. The molecule has 6 heterocycles. The van der Waals surface area contributed by atoms with Crippen LogP contribution in [0.2, 0.25) is 0 Å². The number of aliphatic hydroxyl groups excluding tert-OH is 3. The van der Waals surface area contributed by atoms with E-state index in [-0.39, 0.29) is 72.5 Å². The van der Waals surface area contributed by atoms with Gasteiger partial charge in [-0.2, -0.15) is 13.5 Å². The molecule has 5 fully saturated rings. The monoisotopic (exact) mass is 1570 g/mol. The number of imide groups is 1. The Labute approximate surface area is 645 Å². The van der Waals surface area contributed by atoms with Gasteiger partial charge < -0.3 is 65.5 Å². The molecule has 1 saturated heterocycles. The molecule has 4 saturated carbocycles. The van der Waals surface area contributed by atoms with E-state index in [4.69, 9.17) is 24.3 Å². The highest BCUT2D eigenvalue weighted by molar-refractivity contribution is 7.85. The Morgan fingerprint density at radius 2 is 1.53 bits per heavy atom. The zero-order valence-electron chi connectivity index (χ0n) is 62.7. The molecule has 2 unspecified atom stereocenters. The number of carboxylic acids is 2.